The van der Waals surface area contributed by atoms with E-state index in [0.29, 0.717) is 0 Å². The number of carbonyl (C=O) groups is 2. The maximum Gasteiger partial charge on any atom is 0.323 e. The van der Waals surface area contributed by atoms with Crippen LogP contribution >= 0.6 is 0 Å². The third kappa shape index (κ3) is 5.09. The van der Waals surface area contributed by atoms with Crippen molar-refractivity contribution < 1.29 is 19.4 Å². The quantitative estimate of drug-likeness (QED) is 0.627. The van der Waals surface area contributed by atoms with Gasteiger partial charge in [-0.25, -0.2) is 0 Å². The van der Waals surface area contributed by atoms with Gasteiger partial charge in [0.1, 0.15) is 6.54 Å². The molecule has 0 aromatic heterocycles. The number of rotatable bonds is 7. The van der Waals surface area contributed by atoms with Crippen LogP contribution in [-0.2, 0) is 14.3 Å². The number of nitrogens with zero attached hydrogens (tertiary/aromatic N) is 1. The SMILES string of the molecule is COC(CN)CC(=O)N(CC(=O)O)C(C)C. The zero-order chi connectivity index (χ0) is 12.7. The van der Waals surface area contributed by atoms with Crippen LogP contribution in [0.3, 0.4) is 0 Å². The van der Waals surface area contributed by atoms with Gasteiger partial charge in [0.2, 0.25) is 5.91 Å². The van der Waals surface area contributed by atoms with Crippen molar-refractivity contribution in [1.29, 1.82) is 0 Å². The fourth-order valence-corrected chi connectivity index (χ4v) is 1.28. The van der Waals surface area contributed by atoms with Gasteiger partial charge in [0.25, 0.3) is 0 Å². The van der Waals surface area contributed by atoms with E-state index in [1.807, 2.05) is 0 Å². The summed E-state index contributed by atoms with van der Waals surface area (Å²) in [7, 11) is 1.47. The molecule has 0 aromatic rings. The Morgan fingerprint density at radius 3 is 2.31 bits per heavy atom. The van der Waals surface area contributed by atoms with E-state index in [2.05, 4.69) is 0 Å². The van der Waals surface area contributed by atoms with E-state index < -0.39 is 5.97 Å². The average molecular weight is 232 g/mol. The third-order valence-corrected chi connectivity index (χ3v) is 2.25. The summed E-state index contributed by atoms with van der Waals surface area (Å²) in [6.45, 7) is 3.48. The summed E-state index contributed by atoms with van der Waals surface area (Å²) in [4.78, 5) is 23.7. The Bertz CT molecular complexity index is 239. The summed E-state index contributed by atoms with van der Waals surface area (Å²) in [5, 5.41) is 8.68. The molecule has 6 nitrogen and oxygen atoms in total. The van der Waals surface area contributed by atoms with Crippen molar-refractivity contribution in [2.75, 3.05) is 20.2 Å². The molecule has 0 aliphatic carbocycles. The highest BCUT2D eigenvalue weighted by Gasteiger charge is 2.22. The molecule has 3 N–H and O–H groups in total. The molecular formula is C10H20N2O4. The predicted molar refractivity (Wildman–Crippen MR) is 59.0 cm³/mol. The van der Waals surface area contributed by atoms with Crippen LogP contribution in [0.15, 0.2) is 0 Å². The van der Waals surface area contributed by atoms with E-state index in [4.69, 9.17) is 15.6 Å². The Morgan fingerprint density at radius 1 is 1.44 bits per heavy atom. The molecule has 0 rings (SSSR count). The molecule has 0 saturated heterocycles. The highest BCUT2D eigenvalue weighted by Crippen LogP contribution is 2.05. The number of ether oxygens (including phenoxy) is 1. The fraction of sp³-hybridized carbons (Fsp3) is 0.800. The summed E-state index contributed by atoms with van der Waals surface area (Å²) >= 11 is 0. The van der Waals surface area contributed by atoms with E-state index in [-0.39, 0.29) is 37.6 Å². The van der Waals surface area contributed by atoms with Gasteiger partial charge >= 0.3 is 5.97 Å². The van der Waals surface area contributed by atoms with Gasteiger partial charge in [-0.15, -0.1) is 0 Å². The molecule has 0 spiro atoms. The minimum Gasteiger partial charge on any atom is -0.480 e. The van der Waals surface area contributed by atoms with Gasteiger partial charge in [0, 0.05) is 19.7 Å². The number of aliphatic carboxylic acids is 1. The molecular weight excluding hydrogens is 212 g/mol. The van der Waals surface area contributed by atoms with Gasteiger partial charge < -0.3 is 20.5 Å². The molecule has 0 saturated carbocycles. The van der Waals surface area contributed by atoms with Crippen LogP contribution in [0.25, 0.3) is 0 Å². The zero-order valence-electron chi connectivity index (χ0n) is 9.97. The number of methoxy groups -OCH3 is 1. The second-order valence-electron chi connectivity index (χ2n) is 3.81. The number of amides is 1. The first-order chi connectivity index (χ1) is 7.42. The van der Waals surface area contributed by atoms with Crippen LogP contribution in [0.5, 0.6) is 0 Å². The first kappa shape index (κ1) is 14.9. The van der Waals surface area contributed by atoms with E-state index in [1.165, 1.54) is 12.0 Å². The van der Waals surface area contributed by atoms with Crippen molar-refractivity contribution in [2.45, 2.75) is 32.4 Å². The summed E-state index contributed by atoms with van der Waals surface area (Å²) in [6.07, 6.45) is -0.249. The first-order valence-electron chi connectivity index (χ1n) is 5.16. The smallest absolute Gasteiger partial charge is 0.323 e. The van der Waals surface area contributed by atoms with Gasteiger partial charge in [0.15, 0.2) is 0 Å². The largest absolute Gasteiger partial charge is 0.480 e. The lowest BCUT2D eigenvalue weighted by Gasteiger charge is -2.26. The summed E-state index contributed by atoms with van der Waals surface area (Å²) in [6, 6.07) is -0.154. The number of hydrogen-bond donors (Lipinski definition) is 2. The molecule has 0 radical (unpaired) electrons. The van der Waals surface area contributed by atoms with Crippen molar-refractivity contribution in [3.8, 4) is 0 Å². The second-order valence-corrected chi connectivity index (χ2v) is 3.81. The van der Waals surface area contributed by atoms with Crippen molar-refractivity contribution in [1.82, 2.24) is 4.90 Å². The highest BCUT2D eigenvalue weighted by atomic mass is 16.5. The molecule has 1 unspecified atom stereocenters. The molecule has 0 bridgehead atoms. The standard InChI is InChI=1S/C10H20N2O4/c1-7(2)12(6-10(14)15)9(13)4-8(5-11)16-3/h7-8H,4-6,11H2,1-3H3,(H,14,15). The molecule has 0 aliphatic rings. The van der Waals surface area contributed by atoms with Crippen molar-refractivity contribution in [2.24, 2.45) is 5.73 Å². The molecule has 16 heavy (non-hydrogen) atoms. The molecule has 1 amide bonds. The lowest BCUT2D eigenvalue weighted by atomic mass is 10.2. The van der Waals surface area contributed by atoms with E-state index >= 15 is 0 Å². The number of hydrogen-bond acceptors (Lipinski definition) is 4. The average Bonchev–Trinajstić information content (AvgIpc) is 2.21. The molecule has 1 atom stereocenters. The second kappa shape index (κ2) is 7.19. The Morgan fingerprint density at radius 2 is 2.00 bits per heavy atom. The van der Waals surface area contributed by atoms with Gasteiger partial charge in [0.05, 0.1) is 12.5 Å². The van der Waals surface area contributed by atoms with Crippen molar-refractivity contribution >= 4 is 11.9 Å². The topological polar surface area (TPSA) is 92.9 Å². The molecule has 0 aromatic carbocycles. The third-order valence-electron chi connectivity index (χ3n) is 2.25. The van der Waals surface area contributed by atoms with Crippen molar-refractivity contribution in [3.05, 3.63) is 0 Å². The molecule has 94 valence electrons. The van der Waals surface area contributed by atoms with Crippen LogP contribution in [0, 0.1) is 0 Å². The fourth-order valence-electron chi connectivity index (χ4n) is 1.28. The highest BCUT2D eigenvalue weighted by molar-refractivity contribution is 5.81. The van der Waals surface area contributed by atoms with Gasteiger partial charge in [-0.3, -0.25) is 9.59 Å². The number of carbonyl (C=O) groups excluding carboxylic acids is 1. The van der Waals surface area contributed by atoms with E-state index in [0.717, 1.165) is 0 Å². The van der Waals surface area contributed by atoms with Crippen LogP contribution in [0.2, 0.25) is 0 Å². The minimum atomic E-state index is -1.02. The summed E-state index contributed by atoms with van der Waals surface area (Å²) in [5.74, 6) is -1.28. The Balaban J connectivity index is 4.43. The van der Waals surface area contributed by atoms with E-state index in [9.17, 15) is 9.59 Å². The predicted octanol–water partition coefficient (Wildman–Crippen LogP) is -0.328. The first-order valence-corrected chi connectivity index (χ1v) is 5.16. The number of nitrogens with two attached hydrogens (primary N) is 1. The Hall–Kier alpha value is -1.14. The molecule has 0 heterocycles. The van der Waals surface area contributed by atoms with Gasteiger partial charge in [-0.1, -0.05) is 0 Å². The van der Waals surface area contributed by atoms with Crippen molar-refractivity contribution in [3.63, 3.8) is 0 Å². The molecule has 0 aliphatic heterocycles. The Labute approximate surface area is 95.4 Å². The van der Waals surface area contributed by atoms with Gasteiger partial charge in [-0.05, 0) is 13.8 Å². The number of carboxylic acids is 1. The monoisotopic (exact) mass is 232 g/mol. The van der Waals surface area contributed by atoms with Gasteiger partial charge in [-0.2, -0.15) is 0 Å². The van der Waals surface area contributed by atoms with Crippen LogP contribution in [-0.4, -0.2) is 54.2 Å². The Kier molecular flexibility index (Phi) is 6.67. The summed E-state index contributed by atoms with van der Waals surface area (Å²) < 4.78 is 4.99. The molecule has 0 fully saturated rings. The maximum absolute atomic E-state index is 11.8. The van der Waals surface area contributed by atoms with E-state index in [1.54, 1.807) is 13.8 Å². The number of carboxylic acid groups (broad SMARTS) is 1. The van der Waals surface area contributed by atoms with Crippen LogP contribution in [0.4, 0.5) is 0 Å². The van der Waals surface area contributed by atoms with Crippen LogP contribution < -0.4 is 5.73 Å². The normalized spacial score (nSPS) is 12.6. The maximum atomic E-state index is 11.8. The minimum absolute atomic E-state index is 0.110. The lowest BCUT2D eigenvalue weighted by molar-refractivity contribution is -0.146. The zero-order valence-corrected chi connectivity index (χ0v) is 9.97. The van der Waals surface area contributed by atoms with Crippen LogP contribution in [0.1, 0.15) is 20.3 Å². The molecule has 6 heteroatoms. The lowest BCUT2D eigenvalue weighted by Crippen LogP contribution is -2.43. The summed E-state index contributed by atoms with van der Waals surface area (Å²) in [5.41, 5.74) is 5.40.